The van der Waals surface area contributed by atoms with Crippen LogP contribution in [0.3, 0.4) is 0 Å². The summed E-state index contributed by atoms with van der Waals surface area (Å²) in [5, 5.41) is 2.85. The molecule has 1 amide bonds. The normalized spacial score (nSPS) is 10.4. The van der Waals surface area contributed by atoms with Crippen LogP contribution in [0.1, 0.15) is 29.9 Å². The van der Waals surface area contributed by atoms with Gasteiger partial charge in [0.25, 0.3) is 5.91 Å². The van der Waals surface area contributed by atoms with Gasteiger partial charge in [-0.1, -0.05) is 12.1 Å². The second kappa shape index (κ2) is 6.19. The number of anilines is 1. The van der Waals surface area contributed by atoms with Crippen molar-refractivity contribution in [2.75, 3.05) is 5.32 Å². The molecule has 2 aromatic rings. The van der Waals surface area contributed by atoms with Crippen molar-refractivity contribution in [2.24, 2.45) is 0 Å². The number of para-hydroxylation sites is 2. The highest BCUT2D eigenvalue weighted by Gasteiger charge is 2.10. The number of ether oxygens (including phenoxy) is 1. The summed E-state index contributed by atoms with van der Waals surface area (Å²) in [7, 11) is 0. The average Bonchev–Trinajstić information content (AvgIpc) is 2.41. The van der Waals surface area contributed by atoms with E-state index in [1.165, 1.54) is 0 Å². The summed E-state index contributed by atoms with van der Waals surface area (Å²) in [6, 6.07) is 11.0. The Kier molecular flexibility index (Phi) is 4.35. The number of carbonyl (C=O) groups excluding carboxylic acids is 1. The van der Waals surface area contributed by atoms with Crippen LogP contribution in [0.4, 0.5) is 5.69 Å². The molecular formula is C16H18N2O2. The minimum Gasteiger partial charge on any atom is -0.489 e. The molecule has 1 aromatic carbocycles. The van der Waals surface area contributed by atoms with Gasteiger partial charge in [-0.25, -0.2) is 0 Å². The van der Waals surface area contributed by atoms with Gasteiger partial charge < -0.3 is 10.1 Å². The predicted octanol–water partition coefficient (Wildman–Crippen LogP) is 3.43. The van der Waals surface area contributed by atoms with E-state index >= 15 is 0 Å². The largest absolute Gasteiger partial charge is 0.489 e. The molecule has 2 rings (SSSR count). The fourth-order valence-electron chi connectivity index (χ4n) is 1.72. The molecule has 0 aliphatic carbocycles. The molecule has 1 heterocycles. The topological polar surface area (TPSA) is 51.2 Å². The smallest absolute Gasteiger partial charge is 0.257 e. The van der Waals surface area contributed by atoms with E-state index < -0.39 is 0 Å². The second-order valence-electron chi connectivity index (χ2n) is 4.81. The third-order valence-corrected chi connectivity index (χ3v) is 2.67. The van der Waals surface area contributed by atoms with E-state index in [-0.39, 0.29) is 12.0 Å². The Hall–Kier alpha value is -2.36. The maximum absolute atomic E-state index is 12.2. The van der Waals surface area contributed by atoms with E-state index in [0.717, 1.165) is 5.69 Å². The lowest BCUT2D eigenvalue weighted by Crippen LogP contribution is -2.14. The molecule has 0 aliphatic rings. The molecule has 0 saturated heterocycles. The Bertz CT molecular complexity index is 592. The van der Waals surface area contributed by atoms with Crippen LogP contribution in [0.25, 0.3) is 0 Å². The summed E-state index contributed by atoms with van der Waals surface area (Å²) in [6.45, 7) is 5.78. The van der Waals surface area contributed by atoms with E-state index in [1.54, 1.807) is 12.3 Å². The first kappa shape index (κ1) is 14.1. The Morgan fingerprint density at radius 1 is 1.20 bits per heavy atom. The number of benzene rings is 1. The maximum Gasteiger partial charge on any atom is 0.257 e. The van der Waals surface area contributed by atoms with Gasteiger partial charge in [0, 0.05) is 11.9 Å². The Morgan fingerprint density at radius 2 is 1.95 bits per heavy atom. The molecule has 0 fully saturated rings. The van der Waals surface area contributed by atoms with Gasteiger partial charge in [-0.05, 0) is 45.0 Å². The van der Waals surface area contributed by atoms with E-state index in [2.05, 4.69) is 10.3 Å². The van der Waals surface area contributed by atoms with Crippen molar-refractivity contribution < 1.29 is 9.53 Å². The molecule has 4 heteroatoms. The number of aryl methyl sites for hydroxylation is 1. The molecule has 0 atom stereocenters. The number of rotatable bonds is 4. The Morgan fingerprint density at radius 3 is 2.60 bits per heavy atom. The average molecular weight is 270 g/mol. The monoisotopic (exact) mass is 270 g/mol. The van der Waals surface area contributed by atoms with Crippen molar-refractivity contribution >= 4 is 11.6 Å². The molecule has 0 spiro atoms. The third kappa shape index (κ3) is 3.57. The highest BCUT2D eigenvalue weighted by Crippen LogP contribution is 2.25. The van der Waals surface area contributed by atoms with E-state index in [4.69, 9.17) is 4.74 Å². The van der Waals surface area contributed by atoms with Crippen molar-refractivity contribution in [2.45, 2.75) is 26.9 Å². The standard InChI is InChI=1S/C16H18N2O2/c1-11(2)20-15-7-5-4-6-14(15)18-16(19)13-9-8-12(3)17-10-13/h4-11H,1-3H3,(H,18,19). The molecule has 1 N–H and O–H groups in total. The van der Waals surface area contributed by atoms with E-state index in [0.29, 0.717) is 17.0 Å². The third-order valence-electron chi connectivity index (χ3n) is 2.67. The van der Waals surface area contributed by atoms with Crippen LogP contribution in [0.15, 0.2) is 42.6 Å². The number of nitrogens with one attached hydrogen (secondary N) is 1. The summed E-state index contributed by atoms with van der Waals surface area (Å²) in [4.78, 5) is 16.3. The lowest BCUT2D eigenvalue weighted by molar-refractivity contribution is 0.102. The summed E-state index contributed by atoms with van der Waals surface area (Å²) in [5.41, 5.74) is 2.06. The SMILES string of the molecule is Cc1ccc(C(=O)Nc2ccccc2OC(C)C)cn1. The summed E-state index contributed by atoms with van der Waals surface area (Å²) < 4.78 is 5.67. The summed E-state index contributed by atoms with van der Waals surface area (Å²) in [5.74, 6) is 0.466. The first-order valence-electron chi connectivity index (χ1n) is 6.56. The van der Waals surface area contributed by atoms with Crippen molar-refractivity contribution in [1.29, 1.82) is 0 Å². The van der Waals surface area contributed by atoms with Gasteiger partial charge in [-0.15, -0.1) is 0 Å². The molecule has 20 heavy (non-hydrogen) atoms. The number of aromatic nitrogens is 1. The van der Waals surface area contributed by atoms with Gasteiger partial charge in [-0.2, -0.15) is 0 Å². The van der Waals surface area contributed by atoms with Crippen molar-refractivity contribution in [3.63, 3.8) is 0 Å². The molecule has 0 bridgehead atoms. The molecule has 104 valence electrons. The maximum atomic E-state index is 12.2. The van der Waals surface area contributed by atoms with Crippen LogP contribution in [0, 0.1) is 6.92 Å². The van der Waals surface area contributed by atoms with Crippen molar-refractivity contribution in [3.8, 4) is 5.75 Å². The van der Waals surface area contributed by atoms with Crippen LogP contribution in [0.5, 0.6) is 5.75 Å². The first-order chi connectivity index (χ1) is 9.56. The first-order valence-corrected chi connectivity index (χ1v) is 6.56. The minimum atomic E-state index is -0.197. The van der Waals surface area contributed by atoms with Gasteiger partial charge in [0.15, 0.2) is 0 Å². The Labute approximate surface area is 118 Å². The van der Waals surface area contributed by atoms with Crippen LogP contribution in [-0.4, -0.2) is 17.0 Å². The molecular weight excluding hydrogens is 252 g/mol. The molecule has 0 saturated carbocycles. The number of hydrogen-bond donors (Lipinski definition) is 1. The number of nitrogens with zero attached hydrogens (tertiary/aromatic N) is 1. The number of hydrogen-bond acceptors (Lipinski definition) is 3. The second-order valence-corrected chi connectivity index (χ2v) is 4.81. The predicted molar refractivity (Wildman–Crippen MR) is 79.1 cm³/mol. The van der Waals surface area contributed by atoms with Gasteiger partial charge in [0.1, 0.15) is 5.75 Å². The van der Waals surface area contributed by atoms with Gasteiger partial charge >= 0.3 is 0 Å². The minimum absolute atomic E-state index is 0.0501. The fourth-order valence-corrected chi connectivity index (χ4v) is 1.72. The van der Waals surface area contributed by atoms with Gasteiger partial charge in [-0.3, -0.25) is 9.78 Å². The molecule has 0 radical (unpaired) electrons. The van der Waals surface area contributed by atoms with Crippen LogP contribution < -0.4 is 10.1 Å². The zero-order chi connectivity index (χ0) is 14.5. The fraction of sp³-hybridized carbons (Fsp3) is 0.250. The van der Waals surface area contributed by atoms with Crippen molar-refractivity contribution in [1.82, 2.24) is 4.98 Å². The number of carbonyl (C=O) groups is 1. The van der Waals surface area contributed by atoms with Crippen LogP contribution in [0.2, 0.25) is 0 Å². The van der Waals surface area contributed by atoms with E-state index in [9.17, 15) is 4.79 Å². The zero-order valence-electron chi connectivity index (χ0n) is 11.9. The zero-order valence-corrected chi connectivity index (χ0v) is 11.9. The summed E-state index contributed by atoms with van der Waals surface area (Å²) >= 11 is 0. The lowest BCUT2D eigenvalue weighted by Gasteiger charge is -2.14. The lowest BCUT2D eigenvalue weighted by atomic mass is 10.2. The quantitative estimate of drug-likeness (QED) is 0.926. The van der Waals surface area contributed by atoms with Gasteiger partial charge in [0.05, 0.1) is 17.4 Å². The number of pyridine rings is 1. The summed E-state index contributed by atoms with van der Waals surface area (Å²) in [6.07, 6.45) is 1.62. The highest BCUT2D eigenvalue weighted by atomic mass is 16.5. The highest BCUT2D eigenvalue weighted by molar-refractivity contribution is 6.04. The van der Waals surface area contributed by atoms with Crippen molar-refractivity contribution in [3.05, 3.63) is 53.9 Å². The molecule has 1 aromatic heterocycles. The molecule has 4 nitrogen and oxygen atoms in total. The molecule has 0 aliphatic heterocycles. The number of amides is 1. The van der Waals surface area contributed by atoms with Gasteiger partial charge in [0.2, 0.25) is 0 Å². The van der Waals surface area contributed by atoms with E-state index in [1.807, 2.05) is 51.1 Å². The van der Waals surface area contributed by atoms with Crippen LogP contribution in [-0.2, 0) is 0 Å². The van der Waals surface area contributed by atoms with Crippen LogP contribution >= 0.6 is 0 Å². The molecule has 0 unspecified atom stereocenters. The Balaban J connectivity index is 2.17.